The van der Waals surface area contributed by atoms with E-state index in [1.165, 1.54) is 0 Å². The summed E-state index contributed by atoms with van der Waals surface area (Å²) in [5.41, 5.74) is -0.972. The molecule has 0 aromatic rings. The molecule has 2 heterocycles. The second-order valence-corrected chi connectivity index (χ2v) is 7.57. The lowest BCUT2D eigenvalue weighted by Crippen LogP contribution is -2.42. The monoisotopic (exact) mass is 285 g/mol. The van der Waals surface area contributed by atoms with Crippen molar-refractivity contribution in [3.63, 3.8) is 0 Å². The Balaban J connectivity index is 0.000000328. The SMILES string of the molecule is CC(C)C.[B]C1CN2CC3(CC2(COC)C1)CC3(F)F. The Morgan fingerprint density at radius 2 is 1.85 bits per heavy atom. The molecule has 2 radical (unpaired) electrons. The maximum atomic E-state index is 13.4. The fourth-order valence-corrected chi connectivity index (χ4v) is 3.84. The van der Waals surface area contributed by atoms with Gasteiger partial charge >= 0.3 is 0 Å². The minimum Gasteiger partial charge on any atom is -0.383 e. The molecule has 0 aromatic heterocycles. The third-order valence-electron chi connectivity index (χ3n) is 4.55. The van der Waals surface area contributed by atoms with Gasteiger partial charge in [0.25, 0.3) is 5.92 Å². The summed E-state index contributed by atoms with van der Waals surface area (Å²) in [4.78, 5) is 2.14. The van der Waals surface area contributed by atoms with Crippen molar-refractivity contribution in [2.75, 3.05) is 26.8 Å². The third-order valence-corrected chi connectivity index (χ3v) is 4.55. The lowest BCUT2D eigenvalue weighted by molar-refractivity contribution is 0.0582. The average molecular weight is 285 g/mol. The lowest BCUT2D eigenvalue weighted by atomic mass is 9.78. The highest BCUT2D eigenvalue weighted by atomic mass is 19.3. The van der Waals surface area contributed by atoms with Crippen LogP contribution in [0.5, 0.6) is 0 Å². The van der Waals surface area contributed by atoms with Crippen molar-refractivity contribution in [3.8, 4) is 0 Å². The molecule has 2 saturated heterocycles. The van der Waals surface area contributed by atoms with Gasteiger partial charge in [-0.25, -0.2) is 8.78 Å². The first kappa shape index (κ1) is 16.2. The van der Waals surface area contributed by atoms with Crippen molar-refractivity contribution in [2.45, 2.75) is 57.3 Å². The van der Waals surface area contributed by atoms with Crippen LogP contribution in [0, 0.1) is 11.3 Å². The van der Waals surface area contributed by atoms with Crippen LogP contribution >= 0.6 is 0 Å². The fourth-order valence-electron chi connectivity index (χ4n) is 3.84. The summed E-state index contributed by atoms with van der Waals surface area (Å²) in [6.45, 7) is 8.26. The fraction of sp³-hybridized carbons (Fsp3) is 1.00. The van der Waals surface area contributed by atoms with Crippen LogP contribution in [0.4, 0.5) is 8.78 Å². The van der Waals surface area contributed by atoms with Crippen molar-refractivity contribution in [1.82, 2.24) is 4.90 Å². The number of alkyl halides is 2. The first-order valence-corrected chi connectivity index (χ1v) is 7.54. The number of hydrogen-bond donors (Lipinski definition) is 0. The van der Waals surface area contributed by atoms with Gasteiger partial charge in [-0.2, -0.15) is 0 Å². The van der Waals surface area contributed by atoms with Gasteiger partial charge in [-0.3, -0.25) is 4.90 Å². The van der Waals surface area contributed by atoms with E-state index in [9.17, 15) is 8.78 Å². The van der Waals surface area contributed by atoms with Gasteiger partial charge in [0.1, 0.15) is 0 Å². The van der Waals surface area contributed by atoms with Gasteiger partial charge in [-0.15, -0.1) is 0 Å². The van der Waals surface area contributed by atoms with Crippen molar-refractivity contribution in [1.29, 1.82) is 0 Å². The molecule has 114 valence electrons. The van der Waals surface area contributed by atoms with Gasteiger partial charge in [0.05, 0.1) is 19.9 Å². The van der Waals surface area contributed by atoms with Crippen LogP contribution in [0.15, 0.2) is 0 Å². The number of fused-ring (bicyclic) bond motifs is 1. The Morgan fingerprint density at radius 3 is 2.30 bits per heavy atom. The number of halogens is 2. The predicted molar refractivity (Wildman–Crippen MR) is 77.4 cm³/mol. The zero-order chi connectivity index (χ0) is 15.2. The number of hydrogen-bond acceptors (Lipinski definition) is 2. The van der Waals surface area contributed by atoms with Crippen LogP contribution in [0.25, 0.3) is 0 Å². The Labute approximate surface area is 122 Å². The first-order valence-electron chi connectivity index (χ1n) is 7.54. The molecule has 0 amide bonds. The molecule has 3 aliphatic rings. The predicted octanol–water partition coefficient (Wildman–Crippen LogP) is 3.13. The maximum absolute atomic E-state index is 13.4. The highest BCUT2D eigenvalue weighted by molar-refractivity contribution is 6.12. The van der Waals surface area contributed by atoms with Gasteiger partial charge in [-0.05, 0) is 25.3 Å². The molecule has 3 fully saturated rings. The van der Waals surface area contributed by atoms with E-state index in [0.717, 1.165) is 18.9 Å². The molecule has 0 aromatic carbocycles. The van der Waals surface area contributed by atoms with Crippen molar-refractivity contribution < 1.29 is 13.5 Å². The highest BCUT2D eigenvalue weighted by Crippen LogP contribution is 2.70. The largest absolute Gasteiger partial charge is 0.383 e. The molecule has 1 spiro atoms. The van der Waals surface area contributed by atoms with E-state index >= 15 is 0 Å². The topological polar surface area (TPSA) is 12.5 Å². The van der Waals surface area contributed by atoms with Crippen LogP contribution in [-0.2, 0) is 4.74 Å². The van der Waals surface area contributed by atoms with Crippen LogP contribution in [0.3, 0.4) is 0 Å². The number of rotatable bonds is 2. The number of ether oxygens (including phenoxy) is 1. The smallest absolute Gasteiger partial charge is 0.255 e. The molecule has 5 heteroatoms. The minimum absolute atomic E-state index is 0.0528. The Hall–Kier alpha value is -0.155. The quantitative estimate of drug-likeness (QED) is 0.723. The summed E-state index contributed by atoms with van der Waals surface area (Å²) in [6.07, 6.45) is 1.39. The average Bonchev–Trinajstić information content (AvgIpc) is 2.51. The summed E-state index contributed by atoms with van der Waals surface area (Å²) in [5, 5.41) is 0. The molecule has 1 saturated carbocycles. The number of methoxy groups -OCH3 is 1. The standard InChI is InChI=1S/C11H16BF2NO.C4H10/c1-16-7-10-2-8(12)3-15(10)6-9(4-10)5-11(9,13)14;1-4(2)3/h8H,2-7H2,1H3;4H,1-3H3. The van der Waals surface area contributed by atoms with Crippen LogP contribution in [0.1, 0.15) is 40.0 Å². The normalized spacial score (nSPS) is 41.6. The van der Waals surface area contributed by atoms with Gasteiger partial charge in [0, 0.05) is 25.6 Å². The minimum atomic E-state index is -2.46. The van der Waals surface area contributed by atoms with E-state index in [4.69, 9.17) is 12.6 Å². The molecule has 0 N–H and O–H groups in total. The molecule has 3 rings (SSSR count). The van der Waals surface area contributed by atoms with Crippen molar-refractivity contribution in [2.24, 2.45) is 11.3 Å². The molecule has 1 aliphatic carbocycles. The molecular formula is C15H26BF2NO. The van der Waals surface area contributed by atoms with Crippen LogP contribution < -0.4 is 0 Å². The Morgan fingerprint density at radius 1 is 1.30 bits per heavy atom. The summed E-state index contributed by atoms with van der Waals surface area (Å²) < 4.78 is 32.0. The maximum Gasteiger partial charge on any atom is 0.255 e. The summed E-state index contributed by atoms with van der Waals surface area (Å²) in [7, 11) is 7.56. The first-order chi connectivity index (χ1) is 9.16. The van der Waals surface area contributed by atoms with E-state index in [1.54, 1.807) is 7.11 Å². The molecule has 2 aliphatic heterocycles. The summed E-state index contributed by atoms with van der Waals surface area (Å²) >= 11 is 0. The molecule has 3 atom stereocenters. The lowest BCUT2D eigenvalue weighted by Gasteiger charge is -2.31. The zero-order valence-corrected chi connectivity index (χ0v) is 13.1. The molecule has 20 heavy (non-hydrogen) atoms. The van der Waals surface area contributed by atoms with Crippen LogP contribution in [0.2, 0.25) is 5.82 Å². The van der Waals surface area contributed by atoms with Gasteiger partial charge < -0.3 is 4.74 Å². The Bertz CT molecular complexity index is 363. The van der Waals surface area contributed by atoms with Gasteiger partial charge in [-0.1, -0.05) is 26.6 Å². The zero-order valence-electron chi connectivity index (χ0n) is 13.1. The summed E-state index contributed by atoms with van der Waals surface area (Å²) in [5.74, 6) is -1.51. The number of nitrogens with zero attached hydrogens (tertiary/aromatic N) is 1. The van der Waals surface area contributed by atoms with Crippen molar-refractivity contribution >= 4 is 7.85 Å². The molecule has 3 unspecified atom stereocenters. The van der Waals surface area contributed by atoms with E-state index in [1.807, 2.05) is 0 Å². The van der Waals surface area contributed by atoms with Gasteiger partial charge in [0.15, 0.2) is 0 Å². The van der Waals surface area contributed by atoms with E-state index in [2.05, 4.69) is 25.7 Å². The van der Waals surface area contributed by atoms with E-state index in [-0.39, 0.29) is 17.8 Å². The van der Waals surface area contributed by atoms with Crippen molar-refractivity contribution in [3.05, 3.63) is 0 Å². The molecule has 0 bridgehead atoms. The second kappa shape index (κ2) is 5.24. The summed E-state index contributed by atoms with van der Waals surface area (Å²) in [6, 6.07) is 0. The second-order valence-electron chi connectivity index (χ2n) is 7.57. The molecule has 2 nitrogen and oxygen atoms in total. The Kier molecular flexibility index (Phi) is 4.25. The van der Waals surface area contributed by atoms with Gasteiger partial charge in [0.2, 0.25) is 0 Å². The molecular weight excluding hydrogens is 259 g/mol. The third kappa shape index (κ3) is 2.76. The van der Waals surface area contributed by atoms with E-state index in [0.29, 0.717) is 19.6 Å². The van der Waals surface area contributed by atoms with E-state index < -0.39 is 11.3 Å². The van der Waals surface area contributed by atoms with Crippen LogP contribution in [-0.4, -0.2) is 51.0 Å². The highest BCUT2D eigenvalue weighted by Gasteiger charge is 2.77.